The summed E-state index contributed by atoms with van der Waals surface area (Å²) in [5.74, 6) is -0.196. The summed E-state index contributed by atoms with van der Waals surface area (Å²) in [4.78, 5) is 29.6. The number of amides is 1. The largest absolute Gasteiger partial charge is 0.451 e. The second kappa shape index (κ2) is 6.63. The average Bonchev–Trinajstić information content (AvgIpc) is 2.96. The minimum Gasteiger partial charge on any atom is -0.451 e. The van der Waals surface area contributed by atoms with Crippen molar-refractivity contribution in [2.45, 2.75) is 19.8 Å². The van der Waals surface area contributed by atoms with Crippen LogP contribution in [0.4, 0.5) is 0 Å². The number of aromatic nitrogens is 1. The molecule has 0 saturated heterocycles. The number of fused-ring (bicyclic) bond motifs is 2. The Morgan fingerprint density at radius 2 is 1.93 bits per heavy atom. The highest BCUT2D eigenvalue weighted by Crippen LogP contribution is 2.23. The van der Waals surface area contributed by atoms with Crippen molar-refractivity contribution in [3.05, 3.63) is 74.9 Å². The first-order chi connectivity index (χ1) is 12.9. The quantitative estimate of drug-likeness (QED) is 0.525. The van der Waals surface area contributed by atoms with Gasteiger partial charge in [0.05, 0.1) is 15.6 Å². The first-order valence-corrected chi connectivity index (χ1v) is 9.47. The molecule has 0 radical (unpaired) electrons. The molecule has 2 aromatic carbocycles. The van der Waals surface area contributed by atoms with E-state index < -0.39 is 5.91 Å². The Kier molecular flexibility index (Phi) is 4.28. The van der Waals surface area contributed by atoms with Crippen LogP contribution < -0.4 is 10.2 Å². The van der Waals surface area contributed by atoms with Gasteiger partial charge in [0.25, 0.3) is 0 Å². The van der Waals surface area contributed by atoms with Gasteiger partial charge in [-0.1, -0.05) is 43.4 Å². The van der Waals surface area contributed by atoms with Crippen molar-refractivity contribution in [3.8, 4) is 0 Å². The predicted molar refractivity (Wildman–Crippen MR) is 107 cm³/mol. The van der Waals surface area contributed by atoms with Gasteiger partial charge < -0.3 is 8.98 Å². The summed E-state index contributed by atoms with van der Waals surface area (Å²) in [5, 5.41) is 0.447. The maximum absolute atomic E-state index is 12.6. The van der Waals surface area contributed by atoms with E-state index in [1.165, 1.54) is 23.0 Å². The summed E-state index contributed by atoms with van der Waals surface area (Å²) in [6, 6.07) is 14.3. The molecule has 0 N–H and O–H groups in total. The SMILES string of the molecule is CC(C)c1ccc2c(c1)sc(=NC(=O)c1cc(=O)c3ccccc3o1)n2C. The summed E-state index contributed by atoms with van der Waals surface area (Å²) in [7, 11) is 1.87. The molecule has 0 aliphatic heterocycles. The number of benzene rings is 2. The third-order valence-corrected chi connectivity index (χ3v) is 5.64. The molecule has 2 heterocycles. The minimum atomic E-state index is -0.566. The lowest BCUT2D eigenvalue weighted by atomic mass is 10.0. The van der Waals surface area contributed by atoms with Crippen molar-refractivity contribution in [2.75, 3.05) is 0 Å². The van der Waals surface area contributed by atoms with Crippen LogP contribution >= 0.6 is 11.3 Å². The second-order valence-electron chi connectivity index (χ2n) is 6.71. The van der Waals surface area contributed by atoms with Crippen LogP contribution in [0.25, 0.3) is 21.2 Å². The van der Waals surface area contributed by atoms with Gasteiger partial charge in [-0.25, -0.2) is 0 Å². The number of aryl methyl sites for hydroxylation is 1. The number of hydrogen-bond acceptors (Lipinski definition) is 4. The Morgan fingerprint density at radius 3 is 2.70 bits per heavy atom. The topological polar surface area (TPSA) is 64.6 Å². The highest BCUT2D eigenvalue weighted by molar-refractivity contribution is 7.16. The maximum atomic E-state index is 12.6. The van der Waals surface area contributed by atoms with Crippen LogP contribution in [0.15, 0.2) is 62.7 Å². The van der Waals surface area contributed by atoms with Gasteiger partial charge in [-0.15, -0.1) is 0 Å². The third-order valence-electron chi connectivity index (χ3n) is 4.54. The van der Waals surface area contributed by atoms with E-state index in [0.717, 1.165) is 10.2 Å². The average molecular weight is 378 g/mol. The third kappa shape index (κ3) is 3.13. The summed E-state index contributed by atoms with van der Waals surface area (Å²) >= 11 is 1.44. The number of para-hydroxylation sites is 1. The summed E-state index contributed by atoms with van der Waals surface area (Å²) in [6.07, 6.45) is 0. The van der Waals surface area contributed by atoms with Gasteiger partial charge in [-0.05, 0) is 35.7 Å². The molecule has 1 amide bonds. The van der Waals surface area contributed by atoms with Crippen LogP contribution in [-0.4, -0.2) is 10.5 Å². The fourth-order valence-electron chi connectivity index (χ4n) is 2.97. The van der Waals surface area contributed by atoms with Crippen molar-refractivity contribution in [1.82, 2.24) is 4.57 Å². The molecule has 136 valence electrons. The lowest BCUT2D eigenvalue weighted by Gasteiger charge is -2.04. The fraction of sp³-hybridized carbons (Fsp3) is 0.190. The Morgan fingerprint density at radius 1 is 1.15 bits per heavy atom. The summed E-state index contributed by atoms with van der Waals surface area (Å²) in [5.41, 5.74) is 2.38. The van der Waals surface area contributed by atoms with Crippen LogP contribution in [-0.2, 0) is 7.05 Å². The van der Waals surface area contributed by atoms with E-state index in [9.17, 15) is 9.59 Å². The van der Waals surface area contributed by atoms with Gasteiger partial charge in [-0.3, -0.25) is 9.59 Å². The number of nitrogens with zero attached hydrogens (tertiary/aromatic N) is 2. The minimum absolute atomic E-state index is 0.0565. The van der Waals surface area contributed by atoms with Gasteiger partial charge >= 0.3 is 5.91 Å². The van der Waals surface area contributed by atoms with Crippen molar-refractivity contribution >= 4 is 38.4 Å². The molecule has 0 atom stereocenters. The highest BCUT2D eigenvalue weighted by atomic mass is 32.1. The molecule has 0 bridgehead atoms. The van der Waals surface area contributed by atoms with Crippen LogP contribution in [0.1, 0.15) is 35.9 Å². The highest BCUT2D eigenvalue weighted by Gasteiger charge is 2.13. The van der Waals surface area contributed by atoms with Gasteiger partial charge in [0.1, 0.15) is 5.58 Å². The molecule has 0 spiro atoms. The molecule has 4 aromatic rings. The standard InChI is InChI=1S/C21H18N2O3S/c1-12(2)13-8-9-15-19(10-13)27-21(23(15)3)22-20(25)18-11-16(24)14-6-4-5-7-17(14)26-18/h4-12H,1-3H3. The van der Waals surface area contributed by atoms with Crippen LogP contribution in [0, 0.1) is 0 Å². The number of carbonyl (C=O) groups excluding carboxylic acids is 1. The van der Waals surface area contributed by atoms with E-state index in [4.69, 9.17) is 4.42 Å². The monoisotopic (exact) mass is 378 g/mol. The van der Waals surface area contributed by atoms with Crippen molar-refractivity contribution in [1.29, 1.82) is 0 Å². The van der Waals surface area contributed by atoms with Gasteiger partial charge in [0.2, 0.25) is 0 Å². The zero-order chi connectivity index (χ0) is 19.1. The number of thiazole rings is 1. The molecule has 0 aliphatic carbocycles. The lowest BCUT2D eigenvalue weighted by Crippen LogP contribution is -2.14. The van der Waals surface area contributed by atoms with Crippen molar-refractivity contribution < 1.29 is 9.21 Å². The zero-order valence-corrected chi connectivity index (χ0v) is 16.0. The van der Waals surface area contributed by atoms with Crippen molar-refractivity contribution in [2.24, 2.45) is 12.0 Å². The Bertz CT molecular complexity index is 1310. The molecule has 0 saturated carbocycles. The molecule has 4 rings (SSSR count). The molecular formula is C21H18N2O3S. The molecule has 0 fully saturated rings. The summed E-state index contributed by atoms with van der Waals surface area (Å²) in [6.45, 7) is 4.29. The van der Waals surface area contributed by atoms with Gasteiger partial charge in [0.15, 0.2) is 16.0 Å². The maximum Gasteiger partial charge on any atom is 0.315 e. The predicted octanol–water partition coefficient (Wildman–Crippen LogP) is 4.21. The first-order valence-electron chi connectivity index (χ1n) is 8.65. The normalized spacial score (nSPS) is 12.4. The number of hydrogen-bond donors (Lipinski definition) is 0. The molecule has 5 nitrogen and oxygen atoms in total. The van der Waals surface area contributed by atoms with Crippen LogP contribution in [0.3, 0.4) is 0 Å². The zero-order valence-electron chi connectivity index (χ0n) is 15.2. The van der Waals surface area contributed by atoms with E-state index in [0.29, 0.717) is 21.7 Å². The van der Waals surface area contributed by atoms with Crippen molar-refractivity contribution in [3.63, 3.8) is 0 Å². The van der Waals surface area contributed by atoms with E-state index in [-0.39, 0.29) is 11.2 Å². The molecule has 6 heteroatoms. The Hall–Kier alpha value is -2.99. The number of rotatable bonds is 2. The van der Waals surface area contributed by atoms with Gasteiger partial charge in [0, 0.05) is 13.1 Å². The van der Waals surface area contributed by atoms with Crippen LogP contribution in [0.5, 0.6) is 0 Å². The van der Waals surface area contributed by atoms with Crippen LogP contribution in [0.2, 0.25) is 0 Å². The molecule has 27 heavy (non-hydrogen) atoms. The van der Waals surface area contributed by atoms with E-state index >= 15 is 0 Å². The first kappa shape index (κ1) is 17.4. The molecule has 2 aromatic heterocycles. The fourth-order valence-corrected chi connectivity index (χ4v) is 4.03. The molecule has 0 unspecified atom stereocenters. The lowest BCUT2D eigenvalue weighted by molar-refractivity contribution is 0.0972. The molecule has 0 aliphatic rings. The van der Waals surface area contributed by atoms with Gasteiger partial charge in [-0.2, -0.15) is 4.99 Å². The van der Waals surface area contributed by atoms with E-state index in [2.05, 4.69) is 31.0 Å². The smallest absolute Gasteiger partial charge is 0.315 e. The number of carbonyl (C=O) groups is 1. The second-order valence-corrected chi connectivity index (χ2v) is 7.72. The Labute approximate surface area is 159 Å². The van der Waals surface area contributed by atoms with E-state index in [1.807, 2.05) is 17.7 Å². The molecular weight excluding hydrogens is 360 g/mol. The summed E-state index contributed by atoms with van der Waals surface area (Å²) < 4.78 is 8.53. The Balaban J connectivity index is 1.82. The van der Waals surface area contributed by atoms with E-state index in [1.54, 1.807) is 24.3 Å².